The van der Waals surface area contributed by atoms with Crippen LogP contribution in [0.15, 0.2) is 5.03 Å². The predicted molar refractivity (Wildman–Crippen MR) is 63.7 cm³/mol. The van der Waals surface area contributed by atoms with E-state index in [0.717, 1.165) is 11.8 Å². The zero-order valence-electron chi connectivity index (χ0n) is 9.97. The molecular formula is C11H12N2O4S. The Balaban J connectivity index is 2.36. The maximum atomic E-state index is 11.4. The molecule has 18 heavy (non-hydrogen) atoms. The lowest BCUT2D eigenvalue weighted by Gasteiger charge is -2.10. The molecule has 1 aromatic rings. The zero-order valence-corrected chi connectivity index (χ0v) is 10.8. The van der Waals surface area contributed by atoms with E-state index in [4.69, 9.17) is 9.84 Å². The molecule has 0 amide bonds. The number of thioether (sulfide) groups is 1. The van der Waals surface area contributed by atoms with Crippen molar-refractivity contribution in [2.45, 2.75) is 30.5 Å². The molecule has 0 spiro atoms. The number of esters is 1. The van der Waals surface area contributed by atoms with Gasteiger partial charge in [0.05, 0.1) is 12.3 Å². The number of carboxylic acids is 1. The van der Waals surface area contributed by atoms with Crippen molar-refractivity contribution in [3.8, 4) is 0 Å². The Morgan fingerprint density at radius 2 is 2.17 bits per heavy atom. The van der Waals surface area contributed by atoms with Gasteiger partial charge in [0.2, 0.25) is 0 Å². The molecule has 1 N–H and O–H groups in total. The minimum atomic E-state index is -1.08. The van der Waals surface area contributed by atoms with Crippen molar-refractivity contribution in [3.63, 3.8) is 0 Å². The first-order valence-electron chi connectivity index (χ1n) is 5.41. The van der Waals surface area contributed by atoms with Gasteiger partial charge in [-0.05, 0) is 13.8 Å². The summed E-state index contributed by atoms with van der Waals surface area (Å²) in [6.07, 6.45) is 0.574. The van der Waals surface area contributed by atoms with Gasteiger partial charge in [-0.2, -0.15) is 0 Å². The fourth-order valence-corrected chi connectivity index (χ4v) is 2.92. The number of cyclic esters (lactones) is 1. The van der Waals surface area contributed by atoms with Crippen LogP contribution in [0.5, 0.6) is 0 Å². The molecule has 2 rings (SSSR count). The molecule has 1 saturated heterocycles. The maximum Gasteiger partial charge on any atom is 0.340 e. The van der Waals surface area contributed by atoms with Crippen molar-refractivity contribution in [1.82, 2.24) is 9.97 Å². The zero-order chi connectivity index (χ0) is 13.3. The molecular weight excluding hydrogens is 256 g/mol. The van der Waals surface area contributed by atoms with Crippen molar-refractivity contribution in [2.24, 2.45) is 0 Å². The molecule has 0 aliphatic carbocycles. The minimum absolute atomic E-state index is 0.0605. The van der Waals surface area contributed by atoms with Crippen LogP contribution in [-0.4, -0.2) is 38.9 Å². The number of carbonyl (C=O) groups is 2. The molecule has 2 heterocycles. The maximum absolute atomic E-state index is 11.4. The number of hydrogen-bond acceptors (Lipinski definition) is 6. The number of carboxylic acid groups (broad SMARTS) is 1. The fraction of sp³-hybridized carbons (Fsp3) is 0.455. The Hall–Kier alpha value is -1.63. The van der Waals surface area contributed by atoms with E-state index in [-0.39, 0.29) is 16.8 Å². The van der Waals surface area contributed by atoms with E-state index in [1.807, 2.05) is 0 Å². The van der Waals surface area contributed by atoms with E-state index in [1.165, 1.54) is 0 Å². The van der Waals surface area contributed by atoms with E-state index >= 15 is 0 Å². The second-order valence-corrected chi connectivity index (χ2v) is 5.10. The second kappa shape index (κ2) is 4.93. The number of hydrogen-bond donors (Lipinski definition) is 1. The van der Waals surface area contributed by atoms with Crippen LogP contribution in [0.4, 0.5) is 0 Å². The van der Waals surface area contributed by atoms with Crippen LogP contribution in [0.3, 0.4) is 0 Å². The molecule has 0 aromatic carbocycles. The Kier molecular flexibility index (Phi) is 3.51. The van der Waals surface area contributed by atoms with Crippen molar-refractivity contribution >= 4 is 23.7 Å². The number of nitrogens with zero attached hydrogens (tertiary/aromatic N) is 2. The van der Waals surface area contributed by atoms with Crippen molar-refractivity contribution in [1.29, 1.82) is 0 Å². The summed E-state index contributed by atoms with van der Waals surface area (Å²) >= 11 is 1.14. The lowest BCUT2D eigenvalue weighted by Crippen LogP contribution is -2.13. The van der Waals surface area contributed by atoms with E-state index in [0.29, 0.717) is 29.6 Å². The largest absolute Gasteiger partial charge is 0.478 e. The molecule has 0 saturated carbocycles. The fourth-order valence-electron chi connectivity index (χ4n) is 1.73. The van der Waals surface area contributed by atoms with Gasteiger partial charge in [-0.1, -0.05) is 11.8 Å². The molecule has 0 bridgehead atoms. The van der Waals surface area contributed by atoms with Crippen molar-refractivity contribution < 1.29 is 19.4 Å². The topological polar surface area (TPSA) is 89.4 Å². The molecule has 1 fully saturated rings. The number of aryl methyl sites for hydroxylation is 2. The van der Waals surface area contributed by atoms with E-state index in [2.05, 4.69) is 9.97 Å². The lowest BCUT2D eigenvalue weighted by atomic mass is 10.2. The van der Waals surface area contributed by atoms with E-state index in [9.17, 15) is 9.59 Å². The number of rotatable bonds is 3. The van der Waals surface area contributed by atoms with Crippen LogP contribution in [0, 0.1) is 13.8 Å². The van der Waals surface area contributed by atoms with Crippen molar-refractivity contribution in [2.75, 3.05) is 6.61 Å². The third-order valence-electron chi connectivity index (χ3n) is 2.52. The summed E-state index contributed by atoms with van der Waals surface area (Å²) in [5, 5.41) is 9.12. The molecule has 1 aromatic heterocycles. The van der Waals surface area contributed by atoms with Crippen LogP contribution in [0.25, 0.3) is 0 Å². The van der Waals surface area contributed by atoms with Gasteiger partial charge in [0.1, 0.15) is 21.7 Å². The summed E-state index contributed by atoms with van der Waals surface area (Å²) in [7, 11) is 0. The Morgan fingerprint density at radius 1 is 1.44 bits per heavy atom. The normalized spacial score (nSPS) is 18.8. The van der Waals surface area contributed by atoms with Gasteiger partial charge in [-0.25, -0.2) is 14.8 Å². The number of aromatic carboxylic acids is 1. The molecule has 96 valence electrons. The SMILES string of the molecule is Cc1nc(C)c(C(=O)O)c(SC2CCOC2=O)n1. The summed E-state index contributed by atoms with van der Waals surface area (Å²) in [6.45, 7) is 3.69. The number of ether oxygens (including phenoxy) is 1. The van der Waals surface area contributed by atoms with Gasteiger partial charge < -0.3 is 9.84 Å². The van der Waals surface area contributed by atoms with Crippen LogP contribution < -0.4 is 0 Å². The molecule has 7 heteroatoms. The van der Waals surface area contributed by atoms with Gasteiger partial charge in [-0.3, -0.25) is 4.79 Å². The minimum Gasteiger partial charge on any atom is -0.478 e. The van der Waals surface area contributed by atoms with E-state index < -0.39 is 5.97 Å². The quantitative estimate of drug-likeness (QED) is 0.650. The Labute approximate surface area is 108 Å². The van der Waals surface area contributed by atoms with Gasteiger partial charge >= 0.3 is 11.9 Å². The highest BCUT2D eigenvalue weighted by Gasteiger charge is 2.30. The lowest BCUT2D eigenvalue weighted by molar-refractivity contribution is -0.137. The average Bonchev–Trinajstić information content (AvgIpc) is 2.62. The summed E-state index contributed by atoms with van der Waals surface area (Å²) < 4.78 is 4.85. The van der Waals surface area contributed by atoms with Gasteiger partial charge in [0.25, 0.3) is 0 Å². The standard InChI is InChI=1S/C11H12N2O4S/c1-5-8(10(14)15)9(13-6(2)12-5)18-7-3-4-17-11(7)16/h7H,3-4H2,1-2H3,(H,14,15). The first kappa shape index (κ1) is 12.8. The first-order chi connectivity index (χ1) is 8.49. The number of carbonyl (C=O) groups excluding carboxylic acids is 1. The highest BCUT2D eigenvalue weighted by atomic mass is 32.2. The summed E-state index contributed by atoms with van der Waals surface area (Å²) in [5.41, 5.74) is 0.467. The summed E-state index contributed by atoms with van der Waals surface area (Å²) in [5.74, 6) is -0.905. The van der Waals surface area contributed by atoms with Gasteiger partial charge in [-0.15, -0.1) is 0 Å². The summed E-state index contributed by atoms with van der Waals surface area (Å²) in [4.78, 5) is 30.7. The first-order valence-corrected chi connectivity index (χ1v) is 6.29. The number of aromatic nitrogens is 2. The Morgan fingerprint density at radius 3 is 2.72 bits per heavy atom. The summed E-state index contributed by atoms with van der Waals surface area (Å²) in [6, 6.07) is 0. The third-order valence-corrected chi connectivity index (χ3v) is 3.75. The monoisotopic (exact) mass is 268 g/mol. The Bertz CT molecular complexity index is 518. The average molecular weight is 268 g/mol. The van der Waals surface area contributed by atoms with E-state index in [1.54, 1.807) is 13.8 Å². The smallest absolute Gasteiger partial charge is 0.340 e. The molecule has 6 nitrogen and oxygen atoms in total. The highest BCUT2D eigenvalue weighted by molar-refractivity contribution is 8.00. The van der Waals surface area contributed by atoms with Crippen LogP contribution in [-0.2, 0) is 9.53 Å². The molecule has 0 radical (unpaired) electrons. The second-order valence-electron chi connectivity index (χ2n) is 3.90. The third kappa shape index (κ3) is 2.45. The predicted octanol–water partition coefficient (Wildman–Crippen LogP) is 1.20. The van der Waals surface area contributed by atoms with Gasteiger partial charge in [0, 0.05) is 6.42 Å². The molecule has 1 aliphatic rings. The molecule has 1 aliphatic heterocycles. The van der Waals surface area contributed by atoms with Crippen LogP contribution >= 0.6 is 11.8 Å². The van der Waals surface area contributed by atoms with Crippen LogP contribution in [0.1, 0.15) is 28.3 Å². The van der Waals surface area contributed by atoms with Crippen molar-refractivity contribution in [3.05, 3.63) is 17.1 Å². The van der Waals surface area contributed by atoms with Crippen LogP contribution in [0.2, 0.25) is 0 Å². The highest BCUT2D eigenvalue weighted by Crippen LogP contribution is 2.31. The van der Waals surface area contributed by atoms with Gasteiger partial charge in [0.15, 0.2) is 0 Å². The molecule has 1 unspecified atom stereocenters. The molecule has 1 atom stereocenters.